The fourth-order valence-electron chi connectivity index (χ4n) is 3.89. The van der Waals surface area contributed by atoms with Crippen LogP contribution < -0.4 is 19.6 Å². The normalized spacial score (nSPS) is 12.0. The Bertz CT molecular complexity index is 963. The standard InChI is InChI=1S/C26H35BrN2O4/c1-8-32-24-21(27)13-18(14-22(24)31-7)15-28-29-23(30)16-33-20-11-9-19(10-12-20)26(5,6)17-25(2,3)4/h9-15H,8,16-17H2,1-7H3,(H,29,30)/b28-15+. The van der Waals surface area contributed by atoms with Gasteiger partial charge >= 0.3 is 0 Å². The predicted octanol–water partition coefficient (Wildman–Crippen LogP) is 6.10. The van der Waals surface area contributed by atoms with Gasteiger partial charge < -0.3 is 14.2 Å². The number of benzene rings is 2. The quantitative estimate of drug-likeness (QED) is 0.304. The van der Waals surface area contributed by atoms with E-state index in [2.05, 4.69) is 73.2 Å². The number of nitrogens with one attached hydrogen (secondary N) is 1. The molecule has 2 aromatic carbocycles. The van der Waals surface area contributed by atoms with Crippen LogP contribution in [0, 0.1) is 5.41 Å². The van der Waals surface area contributed by atoms with Gasteiger partial charge in [0.25, 0.3) is 5.91 Å². The Morgan fingerprint density at radius 3 is 2.33 bits per heavy atom. The van der Waals surface area contributed by atoms with E-state index >= 15 is 0 Å². The van der Waals surface area contributed by atoms with Gasteiger partial charge in [-0.3, -0.25) is 4.79 Å². The van der Waals surface area contributed by atoms with Crippen LogP contribution in [0.3, 0.4) is 0 Å². The summed E-state index contributed by atoms with van der Waals surface area (Å²) in [5, 5.41) is 4.00. The number of hydrogen-bond donors (Lipinski definition) is 1. The number of hydrazone groups is 1. The number of rotatable bonds is 10. The van der Waals surface area contributed by atoms with Crippen molar-refractivity contribution in [2.75, 3.05) is 20.3 Å². The minimum Gasteiger partial charge on any atom is -0.493 e. The van der Waals surface area contributed by atoms with E-state index in [-0.39, 0.29) is 23.3 Å². The summed E-state index contributed by atoms with van der Waals surface area (Å²) in [7, 11) is 1.57. The Kier molecular flexibility index (Phi) is 9.35. The lowest BCUT2D eigenvalue weighted by atomic mass is 9.72. The van der Waals surface area contributed by atoms with E-state index in [0.717, 1.165) is 16.5 Å². The van der Waals surface area contributed by atoms with Crippen LogP contribution in [0.15, 0.2) is 46.0 Å². The van der Waals surface area contributed by atoms with Crippen molar-refractivity contribution >= 4 is 28.1 Å². The van der Waals surface area contributed by atoms with Gasteiger partial charge in [0.05, 0.1) is 24.4 Å². The molecule has 1 amide bonds. The molecule has 0 fully saturated rings. The molecule has 0 aliphatic carbocycles. The van der Waals surface area contributed by atoms with Crippen molar-refractivity contribution in [3.63, 3.8) is 0 Å². The third kappa shape index (κ3) is 8.39. The molecule has 0 aromatic heterocycles. The molecule has 2 aromatic rings. The minimum absolute atomic E-state index is 0.0570. The van der Waals surface area contributed by atoms with Gasteiger partial charge in [-0.1, -0.05) is 46.8 Å². The van der Waals surface area contributed by atoms with Crippen LogP contribution in [0.2, 0.25) is 0 Å². The first-order valence-corrected chi connectivity index (χ1v) is 11.8. The second-order valence-electron chi connectivity index (χ2n) is 9.69. The maximum Gasteiger partial charge on any atom is 0.277 e. The average Bonchev–Trinajstić information content (AvgIpc) is 2.72. The molecule has 1 N–H and O–H groups in total. The highest BCUT2D eigenvalue weighted by atomic mass is 79.9. The molecular weight excluding hydrogens is 484 g/mol. The monoisotopic (exact) mass is 518 g/mol. The molecule has 0 heterocycles. The second-order valence-corrected chi connectivity index (χ2v) is 10.5. The van der Waals surface area contributed by atoms with Gasteiger partial charge in [-0.05, 0) is 75.5 Å². The van der Waals surface area contributed by atoms with Crippen molar-refractivity contribution in [2.24, 2.45) is 10.5 Å². The number of amides is 1. The molecule has 0 spiro atoms. The van der Waals surface area contributed by atoms with Gasteiger partial charge in [-0.25, -0.2) is 5.43 Å². The predicted molar refractivity (Wildman–Crippen MR) is 137 cm³/mol. The lowest BCUT2D eigenvalue weighted by molar-refractivity contribution is -0.123. The molecule has 0 aliphatic rings. The van der Waals surface area contributed by atoms with Crippen molar-refractivity contribution < 1.29 is 19.0 Å². The first kappa shape index (κ1) is 26.7. The van der Waals surface area contributed by atoms with E-state index in [1.54, 1.807) is 13.2 Å². The van der Waals surface area contributed by atoms with Crippen LogP contribution in [0.25, 0.3) is 0 Å². The van der Waals surface area contributed by atoms with Gasteiger partial charge in [0.1, 0.15) is 5.75 Å². The van der Waals surface area contributed by atoms with Crippen molar-refractivity contribution in [1.82, 2.24) is 5.43 Å². The van der Waals surface area contributed by atoms with Crippen LogP contribution in [0.5, 0.6) is 17.2 Å². The number of hydrogen-bond acceptors (Lipinski definition) is 5. The lowest BCUT2D eigenvalue weighted by Crippen LogP contribution is -2.25. The molecule has 0 saturated carbocycles. The van der Waals surface area contributed by atoms with E-state index in [4.69, 9.17) is 14.2 Å². The minimum atomic E-state index is -0.347. The number of nitrogens with zero attached hydrogens (tertiary/aromatic N) is 1. The summed E-state index contributed by atoms with van der Waals surface area (Å²) in [4.78, 5) is 12.1. The topological polar surface area (TPSA) is 69.2 Å². The third-order valence-corrected chi connectivity index (χ3v) is 5.51. The number of carbonyl (C=O) groups is 1. The van der Waals surface area contributed by atoms with E-state index in [1.165, 1.54) is 11.8 Å². The third-order valence-electron chi connectivity index (χ3n) is 4.92. The van der Waals surface area contributed by atoms with Gasteiger partial charge in [-0.15, -0.1) is 0 Å². The van der Waals surface area contributed by atoms with E-state index in [9.17, 15) is 4.79 Å². The zero-order valence-electron chi connectivity index (χ0n) is 20.6. The highest BCUT2D eigenvalue weighted by Crippen LogP contribution is 2.37. The number of halogens is 1. The summed E-state index contributed by atoms with van der Waals surface area (Å²) < 4.78 is 17.3. The summed E-state index contributed by atoms with van der Waals surface area (Å²) in [6.07, 6.45) is 2.60. The zero-order valence-corrected chi connectivity index (χ0v) is 22.2. The summed E-state index contributed by atoms with van der Waals surface area (Å²) in [6.45, 7) is 13.5. The summed E-state index contributed by atoms with van der Waals surface area (Å²) in [5.74, 6) is 1.50. The van der Waals surface area contributed by atoms with E-state index in [1.807, 2.05) is 25.1 Å². The number of ether oxygens (including phenoxy) is 3. The molecule has 2 rings (SSSR count). The maximum absolute atomic E-state index is 12.1. The molecule has 0 radical (unpaired) electrons. The zero-order chi connectivity index (χ0) is 24.6. The summed E-state index contributed by atoms with van der Waals surface area (Å²) in [5.41, 5.74) is 4.77. The fraction of sp³-hybridized carbons (Fsp3) is 0.462. The SMILES string of the molecule is CCOc1c(Br)cc(/C=N/NC(=O)COc2ccc(C(C)(C)CC(C)(C)C)cc2)cc1OC. The molecule has 33 heavy (non-hydrogen) atoms. The summed E-state index contributed by atoms with van der Waals surface area (Å²) in [6, 6.07) is 11.6. The molecule has 0 saturated heterocycles. The lowest BCUT2D eigenvalue weighted by Gasteiger charge is -2.33. The van der Waals surface area contributed by atoms with E-state index < -0.39 is 0 Å². The first-order chi connectivity index (χ1) is 15.4. The summed E-state index contributed by atoms with van der Waals surface area (Å²) >= 11 is 3.47. The molecule has 0 atom stereocenters. The van der Waals surface area contributed by atoms with Gasteiger partial charge in [0.15, 0.2) is 18.1 Å². The van der Waals surface area contributed by atoms with Crippen LogP contribution in [0.1, 0.15) is 59.1 Å². The smallest absolute Gasteiger partial charge is 0.277 e. The Hall–Kier alpha value is -2.54. The molecule has 180 valence electrons. The van der Waals surface area contributed by atoms with Gasteiger partial charge in [0.2, 0.25) is 0 Å². The van der Waals surface area contributed by atoms with Gasteiger partial charge in [0, 0.05) is 0 Å². The Labute approximate surface area is 205 Å². The number of carbonyl (C=O) groups excluding carboxylic acids is 1. The maximum atomic E-state index is 12.1. The first-order valence-electron chi connectivity index (χ1n) is 11.0. The molecular formula is C26H35BrN2O4. The molecule has 7 heteroatoms. The van der Waals surface area contributed by atoms with Crippen molar-refractivity contribution in [1.29, 1.82) is 0 Å². The highest BCUT2D eigenvalue weighted by Gasteiger charge is 2.27. The molecule has 6 nitrogen and oxygen atoms in total. The van der Waals surface area contributed by atoms with Crippen LogP contribution in [-0.2, 0) is 10.2 Å². The second kappa shape index (κ2) is 11.5. The fourth-order valence-corrected chi connectivity index (χ4v) is 4.46. The van der Waals surface area contributed by atoms with Crippen molar-refractivity contribution in [3.05, 3.63) is 52.0 Å². The van der Waals surface area contributed by atoms with Gasteiger partial charge in [-0.2, -0.15) is 5.10 Å². The number of methoxy groups -OCH3 is 1. The Balaban J connectivity index is 1.91. The largest absolute Gasteiger partial charge is 0.493 e. The highest BCUT2D eigenvalue weighted by molar-refractivity contribution is 9.10. The van der Waals surface area contributed by atoms with Crippen molar-refractivity contribution in [3.8, 4) is 17.2 Å². The molecule has 0 bridgehead atoms. The molecule has 0 unspecified atom stereocenters. The van der Waals surface area contributed by atoms with Crippen LogP contribution >= 0.6 is 15.9 Å². The van der Waals surface area contributed by atoms with Crippen LogP contribution in [-0.4, -0.2) is 32.4 Å². The van der Waals surface area contributed by atoms with E-state index in [0.29, 0.717) is 23.9 Å². The Morgan fingerprint density at radius 2 is 1.76 bits per heavy atom. The van der Waals surface area contributed by atoms with Crippen LogP contribution in [0.4, 0.5) is 0 Å². The molecule has 0 aliphatic heterocycles. The Morgan fingerprint density at radius 1 is 1.09 bits per heavy atom. The van der Waals surface area contributed by atoms with Crippen molar-refractivity contribution in [2.45, 2.75) is 53.4 Å². The average molecular weight is 519 g/mol.